The molecule has 1 aliphatic rings. The first-order chi connectivity index (χ1) is 9.50. The second kappa shape index (κ2) is 5.11. The van der Waals surface area contributed by atoms with E-state index in [0.717, 1.165) is 17.5 Å². The summed E-state index contributed by atoms with van der Waals surface area (Å²) >= 11 is 0. The minimum Gasteiger partial charge on any atom is -0.224 e. The van der Waals surface area contributed by atoms with Crippen LogP contribution in [0.1, 0.15) is 5.56 Å². The zero-order chi connectivity index (χ0) is 15.9. The summed E-state index contributed by atoms with van der Waals surface area (Å²) in [4.78, 5) is -0.367. The minimum atomic E-state index is -4.56. The topological polar surface area (TPSA) is 80.3 Å². The minimum absolute atomic E-state index is 0.367. The van der Waals surface area contributed by atoms with Crippen LogP contribution < -0.4 is 4.72 Å². The zero-order valence-corrected chi connectivity index (χ0v) is 12.0. The predicted molar refractivity (Wildman–Crippen MR) is 68.5 cm³/mol. The fraction of sp³-hybridized carbons (Fsp3) is 0.273. The Morgan fingerprint density at radius 3 is 2.14 bits per heavy atom. The number of benzene rings is 1. The molecule has 116 valence electrons. The van der Waals surface area contributed by atoms with E-state index in [1.54, 1.807) is 0 Å². The molecule has 21 heavy (non-hydrogen) atoms. The molecule has 1 unspecified atom stereocenters. The summed E-state index contributed by atoms with van der Waals surface area (Å²) in [5.74, 6) is -0.410. The van der Waals surface area contributed by atoms with Gasteiger partial charge in [0.15, 0.2) is 9.84 Å². The van der Waals surface area contributed by atoms with Crippen LogP contribution in [0.2, 0.25) is 0 Å². The maximum absolute atomic E-state index is 12.4. The van der Waals surface area contributed by atoms with Crippen LogP contribution in [-0.4, -0.2) is 28.6 Å². The Morgan fingerprint density at radius 1 is 1.14 bits per heavy atom. The molecule has 0 fully saturated rings. The van der Waals surface area contributed by atoms with Gasteiger partial charge >= 0.3 is 6.18 Å². The number of sulfonamides is 1. The molecule has 1 aromatic rings. The average Bonchev–Trinajstić information content (AvgIpc) is 2.67. The van der Waals surface area contributed by atoms with Crippen molar-refractivity contribution in [3.8, 4) is 0 Å². The summed E-state index contributed by atoms with van der Waals surface area (Å²) in [6.07, 6.45) is -3.38. The molecule has 1 N–H and O–H groups in total. The van der Waals surface area contributed by atoms with Gasteiger partial charge in [0.1, 0.15) is 0 Å². The third kappa shape index (κ3) is 3.83. The van der Waals surface area contributed by atoms with Crippen molar-refractivity contribution in [2.24, 2.45) is 0 Å². The number of alkyl halides is 3. The summed E-state index contributed by atoms with van der Waals surface area (Å²) in [7, 11) is -7.52. The second-order valence-corrected chi connectivity index (χ2v) is 8.05. The molecule has 0 radical (unpaired) electrons. The van der Waals surface area contributed by atoms with Gasteiger partial charge < -0.3 is 0 Å². The van der Waals surface area contributed by atoms with Crippen LogP contribution in [0.4, 0.5) is 13.2 Å². The Kier molecular flexibility index (Phi) is 3.89. The highest BCUT2D eigenvalue weighted by atomic mass is 32.2. The predicted octanol–water partition coefficient (Wildman–Crippen LogP) is 1.29. The Balaban J connectivity index is 2.19. The van der Waals surface area contributed by atoms with Crippen LogP contribution in [0, 0.1) is 0 Å². The summed E-state index contributed by atoms with van der Waals surface area (Å²) in [5.41, 5.74) is -0.968. The van der Waals surface area contributed by atoms with Gasteiger partial charge in [0, 0.05) is 5.41 Å². The van der Waals surface area contributed by atoms with Crippen LogP contribution in [0.3, 0.4) is 0 Å². The van der Waals surface area contributed by atoms with E-state index in [9.17, 15) is 30.0 Å². The lowest BCUT2D eigenvalue weighted by atomic mass is 10.2. The van der Waals surface area contributed by atoms with Crippen LogP contribution in [-0.2, 0) is 26.0 Å². The molecule has 5 nitrogen and oxygen atoms in total. The summed E-state index contributed by atoms with van der Waals surface area (Å²) < 4.78 is 85.5. The zero-order valence-electron chi connectivity index (χ0n) is 10.3. The molecule has 1 atom stereocenters. The van der Waals surface area contributed by atoms with Gasteiger partial charge in [-0.2, -0.15) is 13.2 Å². The molecule has 10 heteroatoms. The highest BCUT2D eigenvalue weighted by molar-refractivity contribution is 7.94. The van der Waals surface area contributed by atoms with Crippen LogP contribution in [0.5, 0.6) is 0 Å². The number of rotatable bonds is 3. The highest BCUT2D eigenvalue weighted by Crippen LogP contribution is 2.29. The van der Waals surface area contributed by atoms with Gasteiger partial charge in [0.25, 0.3) is 0 Å². The quantitative estimate of drug-likeness (QED) is 0.898. The van der Waals surface area contributed by atoms with Crippen molar-refractivity contribution in [1.82, 2.24) is 4.72 Å². The van der Waals surface area contributed by atoms with E-state index in [1.165, 1.54) is 6.08 Å². The van der Waals surface area contributed by atoms with Gasteiger partial charge in [-0.1, -0.05) is 6.08 Å². The van der Waals surface area contributed by atoms with Crippen LogP contribution >= 0.6 is 0 Å². The SMILES string of the molecule is O=S1(=O)C=CC(NS(=O)(=O)c2ccc(C(F)(F)F)cc2)C1. The normalized spacial score (nSPS) is 21.6. The molecule has 2 rings (SSSR count). The fourth-order valence-electron chi connectivity index (χ4n) is 1.74. The van der Waals surface area contributed by atoms with Crippen molar-refractivity contribution in [2.75, 3.05) is 5.75 Å². The van der Waals surface area contributed by atoms with Crippen molar-refractivity contribution >= 4 is 19.9 Å². The van der Waals surface area contributed by atoms with Crippen molar-refractivity contribution in [1.29, 1.82) is 0 Å². The smallest absolute Gasteiger partial charge is 0.224 e. The van der Waals surface area contributed by atoms with Crippen molar-refractivity contribution < 1.29 is 30.0 Å². The Bertz CT molecular complexity index is 765. The van der Waals surface area contributed by atoms with Gasteiger partial charge in [-0.3, -0.25) is 0 Å². The first-order valence-electron chi connectivity index (χ1n) is 5.60. The van der Waals surface area contributed by atoms with Crippen LogP contribution in [0.25, 0.3) is 0 Å². The van der Waals surface area contributed by atoms with Crippen LogP contribution in [0.15, 0.2) is 40.6 Å². The highest BCUT2D eigenvalue weighted by Gasteiger charge is 2.31. The van der Waals surface area contributed by atoms with Crippen molar-refractivity contribution in [2.45, 2.75) is 17.1 Å². The molecule has 0 aliphatic carbocycles. The number of nitrogens with one attached hydrogen (secondary N) is 1. The molecule has 1 heterocycles. The maximum atomic E-state index is 12.4. The van der Waals surface area contributed by atoms with Gasteiger partial charge in [-0.25, -0.2) is 21.6 Å². The molecule has 0 amide bonds. The lowest BCUT2D eigenvalue weighted by molar-refractivity contribution is -0.137. The third-order valence-corrected chi connectivity index (χ3v) is 5.63. The molecule has 0 aromatic heterocycles. The molecule has 1 aliphatic heterocycles. The van der Waals surface area contributed by atoms with Crippen molar-refractivity contribution in [3.05, 3.63) is 41.3 Å². The fourth-order valence-corrected chi connectivity index (χ4v) is 4.27. The lowest BCUT2D eigenvalue weighted by Crippen LogP contribution is -2.35. The summed E-state index contributed by atoms with van der Waals surface area (Å²) in [5, 5.41) is 0.896. The van der Waals surface area contributed by atoms with Gasteiger partial charge in [-0.05, 0) is 24.3 Å². The van der Waals surface area contributed by atoms with E-state index in [2.05, 4.69) is 4.72 Å². The van der Waals surface area contributed by atoms with Crippen molar-refractivity contribution in [3.63, 3.8) is 0 Å². The molecule has 0 saturated carbocycles. The van der Waals surface area contributed by atoms with Gasteiger partial charge in [0.05, 0.1) is 22.3 Å². The molecule has 0 saturated heterocycles. The summed E-state index contributed by atoms with van der Waals surface area (Å²) in [6.45, 7) is 0. The standard InChI is InChI=1S/C11H10F3NO4S2/c12-11(13,14)8-1-3-10(4-2-8)21(18,19)15-9-5-6-20(16,17)7-9/h1-6,9,15H,7H2. The lowest BCUT2D eigenvalue weighted by Gasteiger charge is -2.12. The number of halogens is 3. The van der Waals surface area contributed by atoms with E-state index < -0.39 is 43.4 Å². The Morgan fingerprint density at radius 2 is 1.71 bits per heavy atom. The van der Waals surface area contributed by atoms with E-state index >= 15 is 0 Å². The molecule has 1 aromatic carbocycles. The average molecular weight is 341 g/mol. The third-order valence-electron chi connectivity index (χ3n) is 2.73. The number of hydrogen-bond acceptors (Lipinski definition) is 4. The van der Waals surface area contributed by atoms with E-state index in [-0.39, 0.29) is 4.90 Å². The van der Waals surface area contributed by atoms with Gasteiger partial charge in [-0.15, -0.1) is 0 Å². The van der Waals surface area contributed by atoms with E-state index in [1.807, 2.05) is 0 Å². The number of sulfone groups is 1. The van der Waals surface area contributed by atoms with E-state index in [4.69, 9.17) is 0 Å². The second-order valence-electron chi connectivity index (χ2n) is 4.41. The largest absolute Gasteiger partial charge is 0.416 e. The van der Waals surface area contributed by atoms with Gasteiger partial charge in [0.2, 0.25) is 10.0 Å². The first-order valence-corrected chi connectivity index (χ1v) is 8.80. The number of hydrogen-bond donors (Lipinski definition) is 1. The maximum Gasteiger partial charge on any atom is 0.416 e. The molecular formula is C11H10F3NO4S2. The van der Waals surface area contributed by atoms with E-state index in [0.29, 0.717) is 12.1 Å². The molecule has 0 bridgehead atoms. The first kappa shape index (κ1) is 16.0. The Hall–Kier alpha value is -1.39. The Labute approximate surface area is 119 Å². The summed E-state index contributed by atoms with van der Waals surface area (Å²) in [6, 6.07) is 2.00. The molecule has 0 spiro atoms. The monoisotopic (exact) mass is 341 g/mol. The molecular weight excluding hydrogens is 331 g/mol.